The summed E-state index contributed by atoms with van der Waals surface area (Å²) in [5, 5.41) is 2.65. The van der Waals surface area contributed by atoms with E-state index < -0.39 is 23.7 Å². The highest BCUT2D eigenvalue weighted by Gasteiger charge is 2.64. The van der Waals surface area contributed by atoms with Gasteiger partial charge in [-0.1, -0.05) is 6.07 Å². The molecular formula is C18H19NO6. The number of carbonyl (C=O) groups excluding carboxylic acids is 3. The topological polar surface area (TPSA) is 90.9 Å². The fraction of sp³-hybridized carbons (Fsp3) is 0.500. The molecule has 1 N–H and O–H groups in total. The summed E-state index contributed by atoms with van der Waals surface area (Å²) < 4.78 is 15.6. The fourth-order valence-corrected chi connectivity index (χ4v) is 4.46. The number of benzene rings is 1. The lowest BCUT2D eigenvalue weighted by Gasteiger charge is -2.22. The summed E-state index contributed by atoms with van der Waals surface area (Å²) in [4.78, 5) is 36.3. The number of amides is 1. The van der Waals surface area contributed by atoms with Crippen LogP contribution in [0.1, 0.15) is 12.8 Å². The first-order valence-electron chi connectivity index (χ1n) is 8.38. The third-order valence-corrected chi connectivity index (χ3v) is 5.45. The smallest absolute Gasteiger partial charge is 0.310 e. The number of hydrogen-bond acceptors (Lipinski definition) is 6. The Bertz CT molecular complexity index is 730. The van der Waals surface area contributed by atoms with Crippen LogP contribution in [0.25, 0.3) is 0 Å². The Balaban J connectivity index is 1.33. The van der Waals surface area contributed by atoms with Gasteiger partial charge in [-0.15, -0.1) is 0 Å². The van der Waals surface area contributed by atoms with Crippen LogP contribution < -0.4 is 10.1 Å². The van der Waals surface area contributed by atoms with Crippen LogP contribution in [0.15, 0.2) is 24.3 Å². The summed E-state index contributed by atoms with van der Waals surface area (Å²) in [7, 11) is 1.54. The highest BCUT2D eigenvalue weighted by atomic mass is 16.6. The van der Waals surface area contributed by atoms with Gasteiger partial charge in [0, 0.05) is 17.7 Å². The number of hydrogen-bond donors (Lipinski definition) is 1. The van der Waals surface area contributed by atoms with E-state index in [0.29, 0.717) is 11.4 Å². The predicted molar refractivity (Wildman–Crippen MR) is 85.7 cm³/mol. The fourth-order valence-electron chi connectivity index (χ4n) is 4.46. The van der Waals surface area contributed by atoms with Gasteiger partial charge in [0.25, 0.3) is 5.91 Å². The van der Waals surface area contributed by atoms with Gasteiger partial charge in [0.1, 0.15) is 11.9 Å². The van der Waals surface area contributed by atoms with Gasteiger partial charge >= 0.3 is 11.9 Å². The second-order valence-electron chi connectivity index (χ2n) is 6.81. The van der Waals surface area contributed by atoms with E-state index in [1.165, 1.54) is 7.11 Å². The highest BCUT2D eigenvalue weighted by Crippen LogP contribution is 2.57. The molecule has 7 heteroatoms. The number of esters is 2. The number of rotatable bonds is 5. The molecule has 2 bridgehead atoms. The Hall–Kier alpha value is -2.57. The van der Waals surface area contributed by atoms with Gasteiger partial charge in [-0.2, -0.15) is 0 Å². The molecule has 1 amide bonds. The highest BCUT2D eigenvalue weighted by molar-refractivity contribution is 5.93. The Kier molecular flexibility index (Phi) is 3.86. The molecule has 132 valence electrons. The summed E-state index contributed by atoms with van der Waals surface area (Å²) >= 11 is 0. The van der Waals surface area contributed by atoms with Crippen molar-refractivity contribution in [3.8, 4) is 5.75 Å². The number of anilines is 1. The molecule has 3 aliphatic rings. The molecule has 0 aromatic heterocycles. The SMILES string of the molecule is COc1cccc(NC(=O)COC(=O)[C@H]2[C@@H]3C[C@@H]4[C@@H]2C(=O)O[C@@H]4C3)c1. The van der Waals surface area contributed by atoms with E-state index in [9.17, 15) is 14.4 Å². The van der Waals surface area contributed by atoms with Crippen LogP contribution in [0.4, 0.5) is 5.69 Å². The number of carbonyl (C=O) groups is 3. The van der Waals surface area contributed by atoms with E-state index in [1.807, 2.05) is 0 Å². The molecule has 2 aliphatic carbocycles. The van der Waals surface area contributed by atoms with Crippen molar-refractivity contribution in [1.82, 2.24) is 0 Å². The molecule has 3 fully saturated rings. The zero-order valence-corrected chi connectivity index (χ0v) is 13.8. The Morgan fingerprint density at radius 2 is 2.16 bits per heavy atom. The molecule has 1 aromatic carbocycles. The standard InChI is InChI=1S/C18H19NO6/c1-23-11-4-2-3-10(7-11)19-14(20)8-24-17(21)15-9-5-12-13(6-9)25-18(22)16(12)15/h2-4,7,9,12-13,15-16H,5-6,8H2,1H3,(H,19,20)/t9-,12+,13-,15+,16+/m1/s1. The van der Waals surface area contributed by atoms with Gasteiger partial charge in [-0.05, 0) is 30.9 Å². The number of ether oxygens (including phenoxy) is 3. The summed E-state index contributed by atoms with van der Waals surface area (Å²) in [6.07, 6.45) is 1.53. The lowest BCUT2D eigenvalue weighted by atomic mass is 9.80. The van der Waals surface area contributed by atoms with Crippen LogP contribution in [0.3, 0.4) is 0 Å². The van der Waals surface area contributed by atoms with Crippen molar-refractivity contribution < 1.29 is 28.6 Å². The zero-order chi connectivity index (χ0) is 17.6. The third-order valence-electron chi connectivity index (χ3n) is 5.45. The van der Waals surface area contributed by atoms with Gasteiger partial charge in [0.05, 0.1) is 18.9 Å². The average Bonchev–Trinajstić information content (AvgIpc) is 3.22. The van der Waals surface area contributed by atoms with E-state index in [-0.39, 0.29) is 30.5 Å². The molecule has 5 atom stereocenters. The van der Waals surface area contributed by atoms with E-state index >= 15 is 0 Å². The van der Waals surface area contributed by atoms with Crippen LogP contribution in [0.2, 0.25) is 0 Å². The first-order valence-corrected chi connectivity index (χ1v) is 8.38. The van der Waals surface area contributed by atoms with E-state index in [1.54, 1.807) is 24.3 Å². The summed E-state index contributed by atoms with van der Waals surface area (Å²) in [5.74, 6) is -1.18. The molecule has 4 rings (SSSR count). The van der Waals surface area contributed by atoms with Crippen molar-refractivity contribution in [3.63, 3.8) is 0 Å². The molecule has 1 saturated heterocycles. The zero-order valence-electron chi connectivity index (χ0n) is 13.8. The molecule has 1 aliphatic heterocycles. The monoisotopic (exact) mass is 345 g/mol. The van der Waals surface area contributed by atoms with E-state index in [0.717, 1.165) is 12.8 Å². The number of methoxy groups -OCH3 is 1. The summed E-state index contributed by atoms with van der Waals surface area (Å²) in [6.45, 7) is -0.380. The molecule has 0 unspecified atom stereocenters. The number of fused-ring (bicyclic) bond motifs is 1. The minimum atomic E-state index is -0.476. The molecule has 2 saturated carbocycles. The third kappa shape index (κ3) is 2.73. The molecule has 7 nitrogen and oxygen atoms in total. The second-order valence-corrected chi connectivity index (χ2v) is 6.81. The van der Waals surface area contributed by atoms with Crippen molar-refractivity contribution in [2.24, 2.45) is 23.7 Å². The van der Waals surface area contributed by atoms with Crippen molar-refractivity contribution in [2.75, 3.05) is 19.0 Å². The molecular weight excluding hydrogens is 326 g/mol. The quantitative estimate of drug-likeness (QED) is 0.811. The van der Waals surface area contributed by atoms with Gasteiger partial charge in [0.2, 0.25) is 0 Å². The maximum absolute atomic E-state index is 12.4. The Morgan fingerprint density at radius 1 is 1.32 bits per heavy atom. The van der Waals surface area contributed by atoms with Crippen molar-refractivity contribution in [1.29, 1.82) is 0 Å². The molecule has 1 heterocycles. The first-order chi connectivity index (χ1) is 12.1. The van der Waals surface area contributed by atoms with Crippen LogP contribution in [0.5, 0.6) is 5.75 Å². The lowest BCUT2D eigenvalue weighted by molar-refractivity contribution is -0.157. The molecule has 0 spiro atoms. The predicted octanol–water partition coefficient (Wildman–Crippen LogP) is 1.37. The van der Waals surface area contributed by atoms with E-state index in [4.69, 9.17) is 14.2 Å². The Morgan fingerprint density at radius 3 is 2.96 bits per heavy atom. The number of nitrogens with one attached hydrogen (secondary N) is 1. The van der Waals surface area contributed by atoms with Gasteiger partial charge in [-0.25, -0.2) is 0 Å². The van der Waals surface area contributed by atoms with Crippen LogP contribution >= 0.6 is 0 Å². The molecule has 1 aromatic rings. The maximum Gasteiger partial charge on any atom is 0.310 e. The van der Waals surface area contributed by atoms with Gasteiger partial charge in [-0.3, -0.25) is 14.4 Å². The molecule has 0 radical (unpaired) electrons. The Labute approximate surface area is 144 Å². The average molecular weight is 345 g/mol. The van der Waals surface area contributed by atoms with Gasteiger partial charge in [0.15, 0.2) is 6.61 Å². The maximum atomic E-state index is 12.4. The minimum absolute atomic E-state index is 0.0251. The first kappa shape index (κ1) is 15.9. The van der Waals surface area contributed by atoms with Crippen molar-refractivity contribution in [2.45, 2.75) is 18.9 Å². The molecule has 25 heavy (non-hydrogen) atoms. The van der Waals surface area contributed by atoms with Gasteiger partial charge < -0.3 is 19.5 Å². The van der Waals surface area contributed by atoms with Crippen molar-refractivity contribution in [3.05, 3.63) is 24.3 Å². The largest absolute Gasteiger partial charge is 0.497 e. The summed E-state index contributed by atoms with van der Waals surface area (Å²) in [5.41, 5.74) is 0.558. The minimum Gasteiger partial charge on any atom is -0.497 e. The van der Waals surface area contributed by atoms with Crippen LogP contribution in [-0.2, 0) is 23.9 Å². The summed E-state index contributed by atoms with van der Waals surface area (Å²) in [6, 6.07) is 6.90. The normalized spacial score (nSPS) is 31.6. The van der Waals surface area contributed by atoms with Crippen LogP contribution in [0, 0.1) is 23.7 Å². The van der Waals surface area contributed by atoms with E-state index in [2.05, 4.69) is 5.32 Å². The van der Waals surface area contributed by atoms with Crippen molar-refractivity contribution >= 4 is 23.5 Å². The second kappa shape index (κ2) is 6.06. The lowest BCUT2D eigenvalue weighted by Crippen LogP contribution is -2.34. The van der Waals surface area contributed by atoms with Crippen LogP contribution in [-0.4, -0.2) is 37.7 Å².